The number of anilines is 1. The molecule has 2 rings (SSSR count). The van der Waals surface area contributed by atoms with Gasteiger partial charge in [0.25, 0.3) is 0 Å². The maximum atomic E-state index is 5.70. The molecule has 3 N–H and O–H groups in total. The van der Waals surface area contributed by atoms with Crippen LogP contribution in [0.25, 0.3) is 11.2 Å². The average Bonchev–Trinajstić information content (AvgIpc) is 2.69. The second-order valence-corrected chi connectivity index (χ2v) is 3.44. The van der Waals surface area contributed by atoms with Gasteiger partial charge in [0, 0.05) is 19.6 Å². The van der Waals surface area contributed by atoms with Crippen molar-refractivity contribution in [3.05, 3.63) is 12.2 Å². The number of fused-ring (bicyclic) bond motifs is 1. The lowest BCUT2D eigenvalue weighted by Crippen LogP contribution is -1.97. The minimum absolute atomic E-state index is 0.438. The molecule has 0 atom stereocenters. The summed E-state index contributed by atoms with van der Waals surface area (Å²) >= 11 is 0. The van der Waals surface area contributed by atoms with Gasteiger partial charge in [-0.05, 0) is 13.3 Å². The van der Waals surface area contributed by atoms with Crippen LogP contribution in [0.4, 0.5) is 5.82 Å². The normalized spacial score (nSPS) is 11.1. The van der Waals surface area contributed by atoms with Gasteiger partial charge < -0.3 is 15.5 Å². The molecule has 0 saturated heterocycles. The second-order valence-electron chi connectivity index (χ2n) is 3.44. The minimum Gasteiger partial charge on any atom is -0.382 e. The van der Waals surface area contributed by atoms with Crippen molar-refractivity contribution in [3.63, 3.8) is 0 Å². The summed E-state index contributed by atoms with van der Waals surface area (Å²) < 4.78 is 5.26. The molecule has 0 fully saturated rings. The summed E-state index contributed by atoms with van der Waals surface area (Å²) in [7, 11) is 0. The van der Waals surface area contributed by atoms with Crippen LogP contribution in [0.15, 0.2) is 6.33 Å². The van der Waals surface area contributed by atoms with Crippen molar-refractivity contribution in [3.8, 4) is 0 Å². The molecule has 0 saturated carbocycles. The Kier molecular flexibility index (Phi) is 3.31. The monoisotopic (exact) mass is 221 g/mol. The third-order valence-corrected chi connectivity index (χ3v) is 2.27. The molecule has 0 aliphatic carbocycles. The van der Waals surface area contributed by atoms with Crippen LogP contribution in [0.3, 0.4) is 0 Å². The van der Waals surface area contributed by atoms with Crippen molar-refractivity contribution in [1.82, 2.24) is 19.9 Å². The van der Waals surface area contributed by atoms with Gasteiger partial charge in [0.15, 0.2) is 11.5 Å². The first kappa shape index (κ1) is 10.8. The molecule has 86 valence electrons. The Morgan fingerprint density at radius 2 is 2.31 bits per heavy atom. The highest BCUT2D eigenvalue weighted by molar-refractivity contribution is 5.80. The van der Waals surface area contributed by atoms with Crippen molar-refractivity contribution in [2.45, 2.75) is 19.8 Å². The fraction of sp³-hybridized carbons (Fsp3) is 0.500. The average molecular weight is 221 g/mol. The number of imidazole rings is 1. The molecule has 0 spiro atoms. The Balaban J connectivity index is 2.05. The molecular formula is C10H15N5O. The molecule has 16 heavy (non-hydrogen) atoms. The van der Waals surface area contributed by atoms with E-state index in [1.165, 1.54) is 6.33 Å². The summed E-state index contributed by atoms with van der Waals surface area (Å²) in [6.45, 7) is 3.48. The summed E-state index contributed by atoms with van der Waals surface area (Å²) in [5, 5.41) is 0. The van der Waals surface area contributed by atoms with Gasteiger partial charge in [-0.2, -0.15) is 0 Å². The molecule has 2 aromatic rings. The van der Waals surface area contributed by atoms with Crippen molar-refractivity contribution in [1.29, 1.82) is 0 Å². The molecule has 0 aromatic carbocycles. The fourth-order valence-electron chi connectivity index (χ4n) is 1.50. The number of aromatic amines is 1. The molecule has 0 bridgehead atoms. The Bertz CT molecular complexity index is 467. The Labute approximate surface area is 93.3 Å². The molecule has 2 aromatic heterocycles. The first-order chi connectivity index (χ1) is 7.81. The lowest BCUT2D eigenvalue weighted by Gasteiger charge is -1.98. The molecule has 0 aliphatic rings. The highest BCUT2D eigenvalue weighted by Gasteiger charge is 2.06. The van der Waals surface area contributed by atoms with Gasteiger partial charge in [-0.15, -0.1) is 0 Å². The number of hydrogen-bond donors (Lipinski definition) is 2. The van der Waals surface area contributed by atoms with Gasteiger partial charge in [-0.25, -0.2) is 15.0 Å². The topological polar surface area (TPSA) is 89.7 Å². The molecule has 0 radical (unpaired) electrons. The largest absolute Gasteiger partial charge is 0.382 e. The van der Waals surface area contributed by atoms with Crippen molar-refractivity contribution < 1.29 is 4.74 Å². The van der Waals surface area contributed by atoms with E-state index in [0.717, 1.165) is 31.9 Å². The third kappa shape index (κ3) is 2.27. The standard InChI is InChI=1S/C10H15N5O/c1-2-16-5-3-4-7-14-8-9(11)12-6-13-10(8)15-7/h6H,2-5H2,1H3,(H3,11,12,13,14,15). The zero-order chi connectivity index (χ0) is 11.4. The number of hydrogen-bond acceptors (Lipinski definition) is 5. The van der Waals surface area contributed by atoms with Crippen LogP contribution >= 0.6 is 0 Å². The first-order valence-electron chi connectivity index (χ1n) is 5.34. The van der Waals surface area contributed by atoms with Crippen LogP contribution in [-0.4, -0.2) is 33.1 Å². The van der Waals surface area contributed by atoms with Crippen LogP contribution in [-0.2, 0) is 11.2 Å². The zero-order valence-corrected chi connectivity index (χ0v) is 9.23. The summed E-state index contributed by atoms with van der Waals surface area (Å²) in [5.41, 5.74) is 7.04. The first-order valence-corrected chi connectivity index (χ1v) is 5.34. The molecule has 6 nitrogen and oxygen atoms in total. The van der Waals surface area contributed by atoms with Crippen molar-refractivity contribution in [2.24, 2.45) is 0 Å². The predicted octanol–water partition coefficient (Wildman–Crippen LogP) is 0.904. The smallest absolute Gasteiger partial charge is 0.183 e. The fourth-order valence-corrected chi connectivity index (χ4v) is 1.50. The highest BCUT2D eigenvalue weighted by atomic mass is 16.5. The van der Waals surface area contributed by atoms with Crippen molar-refractivity contribution >= 4 is 17.0 Å². The van der Waals surface area contributed by atoms with Crippen LogP contribution < -0.4 is 5.73 Å². The van der Waals surface area contributed by atoms with E-state index in [1.807, 2.05) is 6.92 Å². The van der Waals surface area contributed by atoms with Gasteiger partial charge in [0.05, 0.1) is 0 Å². The highest BCUT2D eigenvalue weighted by Crippen LogP contribution is 2.13. The lowest BCUT2D eigenvalue weighted by atomic mass is 10.3. The van der Waals surface area contributed by atoms with E-state index in [2.05, 4.69) is 19.9 Å². The number of nitrogens with zero attached hydrogens (tertiary/aromatic N) is 3. The number of ether oxygens (including phenoxy) is 1. The quantitative estimate of drug-likeness (QED) is 0.732. The lowest BCUT2D eigenvalue weighted by molar-refractivity contribution is 0.145. The van der Waals surface area contributed by atoms with E-state index in [0.29, 0.717) is 17.0 Å². The SMILES string of the molecule is CCOCCCc1nc2ncnc(N)c2[nH]1. The molecule has 0 aliphatic heterocycles. The maximum Gasteiger partial charge on any atom is 0.183 e. The number of rotatable bonds is 5. The summed E-state index contributed by atoms with van der Waals surface area (Å²) in [6, 6.07) is 0. The van der Waals surface area contributed by atoms with E-state index in [1.54, 1.807) is 0 Å². The van der Waals surface area contributed by atoms with Gasteiger partial charge in [-0.3, -0.25) is 0 Å². The Morgan fingerprint density at radius 3 is 3.06 bits per heavy atom. The second kappa shape index (κ2) is 4.89. The molecule has 6 heteroatoms. The summed E-state index contributed by atoms with van der Waals surface area (Å²) in [6.07, 6.45) is 3.18. The molecular weight excluding hydrogens is 206 g/mol. The van der Waals surface area contributed by atoms with Crippen LogP contribution in [0.2, 0.25) is 0 Å². The molecule has 2 heterocycles. The molecule has 0 amide bonds. The van der Waals surface area contributed by atoms with Crippen LogP contribution in [0.1, 0.15) is 19.2 Å². The number of aromatic nitrogens is 4. The number of nitrogens with one attached hydrogen (secondary N) is 1. The number of H-pyrrole nitrogens is 1. The Morgan fingerprint density at radius 1 is 1.44 bits per heavy atom. The van der Waals surface area contributed by atoms with E-state index in [-0.39, 0.29) is 0 Å². The van der Waals surface area contributed by atoms with E-state index in [9.17, 15) is 0 Å². The predicted molar refractivity (Wildman–Crippen MR) is 60.9 cm³/mol. The number of aryl methyl sites for hydroxylation is 1. The maximum absolute atomic E-state index is 5.70. The van der Waals surface area contributed by atoms with E-state index >= 15 is 0 Å². The zero-order valence-electron chi connectivity index (χ0n) is 9.23. The van der Waals surface area contributed by atoms with Crippen LogP contribution in [0, 0.1) is 0 Å². The summed E-state index contributed by atoms with van der Waals surface area (Å²) in [5.74, 6) is 1.32. The van der Waals surface area contributed by atoms with Gasteiger partial charge in [0.2, 0.25) is 0 Å². The third-order valence-electron chi connectivity index (χ3n) is 2.27. The van der Waals surface area contributed by atoms with Gasteiger partial charge >= 0.3 is 0 Å². The number of nitrogen functional groups attached to an aromatic ring is 1. The van der Waals surface area contributed by atoms with Gasteiger partial charge in [0.1, 0.15) is 17.7 Å². The Hall–Kier alpha value is -1.69. The van der Waals surface area contributed by atoms with Crippen molar-refractivity contribution in [2.75, 3.05) is 18.9 Å². The molecule has 0 unspecified atom stereocenters. The summed E-state index contributed by atoms with van der Waals surface area (Å²) in [4.78, 5) is 15.4. The van der Waals surface area contributed by atoms with Crippen LogP contribution in [0.5, 0.6) is 0 Å². The minimum atomic E-state index is 0.438. The van der Waals surface area contributed by atoms with E-state index in [4.69, 9.17) is 10.5 Å². The van der Waals surface area contributed by atoms with Gasteiger partial charge in [-0.1, -0.05) is 0 Å². The van der Waals surface area contributed by atoms with E-state index < -0.39 is 0 Å². The number of nitrogens with two attached hydrogens (primary N) is 1.